The number of carbonyl (C=O) groups is 2. The van der Waals surface area contributed by atoms with Gasteiger partial charge in [0.25, 0.3) is 5.56 Å². The number of aromatic nitrogens is 2. The summed E-state index contributed by atoms with van der Waals surface area (Å²) in [5.41, 5.74) is 1.26. The van der Waals surface area contributed by atoms with Gasteiger partial charge in [-0.25, -0.2) is 9.78 Å². The highest BCUT2D eigenvalue weighted by Gasteiger charge is 2.22. The summed E-state index contributed by atoms with van der Waals surface area (Å²) in [7, 11) is 0. The number of nitrogens with zero attached hydrogens (tertiary/aromatic N) is 2. The van der Waals surface area contributed by atoms with Gasteiger partial charge < -0.3 is 10.1 Å². The van der Waals surface area contributed by atoms with E-state index in [9.17, 15) is 14.4 Å². The van der Waals surface area contributed by atoms with Crippen LogP contribution in [0.1, 0.15) is 18.2 Å². The second-order valence-electron chi connectivity index (χ2n) is 6.21. The fourth-order valence-electron chi connectivity index (χ4n) is 2.73. The van der Waals surface area contributed by atoms with E-state index in [1.807, 2.05) is 30.3 Å². The lowest BCUT2D eigenvalue weighted by atomic mass is 10.1. The highest BCUT2D eigenvalue weighted by molar-refractivity contribution is 6.30. The average molecular weight is 400 g/mol. The van der Waals surface area contributed by atoms with Crippen molar-refractivity contribution in [2.24, 2.45) is 0 Å². The Bertz CT molecular complexity index is 1070. The van der Waals surface area contributed by atoms with Crippen LogP contribution in [0, 0.1) is 0 Å². The van der Waals surface area contributed by atoms with Crippen molar-refractivity contribution in [1.82, 2.24) is 14.7 Å². The molecule has 0 saturated carbocycles. The minimum atomic E-state index is -0.833. The van der Waals surface area contributed by atoms with Crippen LogP contribution < -0.4 is 10.9 Å². The molecule has 0 aliphatic carbocycles. The molecule has 28 heavy (non-hydrogen) atoms. The summed E-state index contributed by atoms with van der Waals surface area (Å²) >= 11 is 5.88. The van der Waals surface area contributed by atoms with Gasteiger partial charge in [-0.3, -0.25) is 14.0 Å². The lowest BCUT2D eigenvalue weighted by molar-refractivity contribution is -0.149. The van der Waals surface area contributed by atoms with Crippen LogP contribution in [0.4, 0.5) is 0 Å². The van der Waals surface area contributed by atoms with E-state index >= 15 is 0 Å². The van der Waals surface area contributed by atoms with Crippen molar-refractivity contribution in [2.45, 2.75) is 26.0 Å². The largest absolute Gasteiger partial charge is 0.458 e. The maximum atomic E-state index is 12.5. The van der Waals surface area contributed by atoms with Crippen molar-refractivity contribution in [2.75, 3.05) is 0 Å². The van der Waals surface area contributed by atoms with Gasteiger partial charge in [0.2, 0.25) is 5.91 Å². The summed E-state index contributed by atoms with van der Waals surface area (Å²) in [6, 6.07) is 13.0. The van der Waals surface area contributed by atoms with E-state index < -0.39 is 12.0 Å². The summed E-state index contributed by atoms with van der Waals surface area (Å²) in [5, 5.41) is 3.01. The number of ether oxygens (including phenoxy) is 1. The van der Waals surface area contributed by atoms with Crippen LogP contribution in [0.25, 0.3) is 5.65 Å². The Kier molecular flexibility index (Phi) is 6.06. The molecule has 0 spiro atoms. The molecule has 0 radical (unpaired) electrons. The van der Waals surface area contributed by atoms with Gasteiger partial charge in [-0.2, -0.15) is 0 Å². The van der Waals surface area contributed by atoms with E-state index in [1.54, 1.807) is 12.1 Å². The Morgan fingerprint density at radius 3 is 2.68 bits per heavy atom. The van der Waals surface area contributed by atoms with E-state index in [0.29, 0.717) is 22.8 Å². The lowest BCUT2D eigenvalue weighted by Gasteiger charge is -2.17. The number of rotatable bonds is 6. The van der Waals surface area contributed by atoms with Crippen molar-refractivity contribution < 1.29 is 14.3 Å². The molecule has 0 aliphatic heterocycles. The Labute approximate surface area is 165 Å². The zero-order valence-electron chi connectivity index (χ0n) is 15.1. The summed E-state index contributed by atoms with van der Waals surface area (Å²) in [5.74, 6) is -0.936. The highest BCUT2D eigenvalue weighted by Crippen LogP contribution is 2.10. The number of halogens is 1. The van der Waals surface area contributed by atoms with Crippen LogP contribution in [-0.2, 0) is 27.4 Å². The molecule has 2 aromatic heterocycles. The molecule has 0 bridgehead atoms. The predicted octanol–water partition coefficient (Wildman–Crippen LogP) is 2.14. The van der Waals surface area contributed by atoms with Crippen LogP contribution in [0.15, 0.2) is 59.5 Å². The topological polar surface area (TPSA) is 89.8 Å². The Balaban J connectivity index is 1.73. The fraction of sp³-hybridized carbons (Fsp3) is 0.200. The zero-order chi connectivity index (χ0) is 20.1. The van der Waals surface area contributed by atoms with E-state index in [-0.39, 0.29) is 18.1 Å². The smallest absolute Gasteiger partial charge is 0.329 e. The molecule has 0 aliphatic rings. The molecule has 7 nitrogen and oxygen atoms in total. The summed E-state index contributed by atoms with van der Waals surface area (Å²) < 4.78 is 6.61. The molecule has 1 atom stereocenters. The first-order valence-corrected chi connectivity index (χ1v) is 8.95. The molecule has 3 aromatic rings. The monoisotopic (exact) mass is 399 g/mol. The molecule has 1 N–H and O–H groups in total. The van der Waals surface area contributed by atoms with Gasteiger partial charge in [0.05, 0.1) is 10.7 Å². The minimum absolute atomic E-state index is 0.182. The molecule has 8 heteroatoms. The molecule has 1 aromatic carbocycles. The highest BCUT2D eigenvalue weighted by atomic mass is 35.5. The maximum absolute atomic E-state index is 12.5. The quantitative estimate of drug-likeness (QED) is 0.641. The first-order valence-electron chi connectivity index (χ1n) is 8.58. The molecular formula is C20H18ClN3O4. The average Bonchev–Trinajstić information content (AvgIpc) is 2.66. The third-order valence-corrected chi connectivity index (χ3v) is 4.21. The van der Waals surface area contributed by atoms with Crippen LogP contribution in [0.5, 0.6) is 0 Å². The molecule has 144 valence electrons. The Morgan fingerprint density at radius 1 is 1.21 bits per heavy atom. The number of hydrogen-bond donors (Lipinski definition) is 1. The summed E-state index contributed by atoms with van der Waals surface area (Å²) in [4.78, 5) is 40.4. The number of pyridine rings is 1. The first kappa shape index (κ1) is 19.6. The number of benzene rings is 1. The number of esters is 1. The minimum Gasteiger partial charge on any atom is -0.458 e. The first-order chi connectivity index (χ1) is 13.4. The van der Waals surface area contributed by atoms with Crippen LogP contribution >= 0.6 is 11.6 Å². The van der Waals surface area contributed by atoms with E-state index in [1.165, 1.54) is 23.6 Å². The van der Waals surface area contributed by atoms with Crippen LogP contribution in [-0.4, -0.2) is 27.3 Å². The van der Waals surface area contributed by atoms with Crippen LogP contribution in [0.3, 0.4) is 0 Å². The normalized spacial score (nSPS) is 11.8. The predicted molar refractivity (Wildman–Crippen MR) is 104 cm³/mol. The summed E-state index contributed by atoms with van der Waals surface area (Å²) in [6.07, 6.45) is 1.76. The van der Waals surface area contributed by atoms with Crippen LogP contribution in [0.2, 0.25) is 5.02 Å². The van der Waals surface area contributed by atoms with Gasteiger partial charge in [0.1, 0.15) is 18.3 Å². The van der Waals surface area contributed by atoms with Gasteiger partial charge >= 0.3 is 5.97 Å². The molecule has 2 heterocycles. The number of carbonyl (C=O) groups excluding carboxylic acids is 2. The Morgan fingerprint density at radius 2 is 1.96 bits per heavy atom. The van der Waals surface area contributed by atoms with Crippen molar-refractivity contribution in [3.05, 3.63) is 81.4 Å². The van der Waals surface area contributed by atoms with Crippen molar-refractivity contribution in [3.63, 3.8) is 0 Å². The van der Waals surface area contributed by atoms with Gasteiger partial charge in [0.15, 0.2) is 0 Å². The molecule has 0 unspecified atom stereocenters. The second-order valence-corrected chi connectivity index (χ2v) is 6.65. The van der Waals surface area contributed by atoms with E-state index in [2.05, 4.69) is 10.3 Å². The molecule has 1 amide bonds. The molecular weight excluding hydrogens is 382 g/mol. The Hall–Kier alpha value is -3.19. The van der Waals surface area contributed by atoms with E-state index in [0.717, 1.165) is 5.56 Å². The zero-order valence-corrected chi connectivity index (χ0v) is 15.8. The number of nitrogens with one attached hydrogen (secondary N) is 1. The summed E-state index contributed by atoms with van der Waals surface area (Å²) in [6.45, 7) is 1.15. The molecule has 3 rings (SSSR count). The van der Waals surface area contributed by atoms with Gasteiger partial charge in [-0.15, -0.1) is 0 Å². The van der Waals surface area contributed by atoms with Gasteiger partial charge in [-0.05, 0) is 17.7 Å². The van der Waals surface area contributed by atoms with E-state index in [4.69, 9.17) is 16.3 Å². The number of amides is 1. The lowest BCUT2D eigenvalue weighted by Crippen LogP contribution is -2.42. The molecule has 0 saturated heterocycles. The van der Waals surface area contributed by atoms with Crippen molar-refractivity contribution in [1.29, 1.82) is 0 Å². The number of fused-ring (bicyclic) bond motifs is 1. The number of hydrogen-bond acceptors (Lipinski definition) is 5. The second kappa shape index (κ2) is 8.67. The van der Waals surface area contributed by atoms with Crippen molar-refractivity contribution in [3.8, 4) is 0 Å². The SMILES string of the molecule is CC(=O)N[C@@H](Cc1ccccc1)C(=O)OCc1cc(=O)n2cc(Cl)ccc2n1. The van der Waals surface area contributed by atoms with Crippen molar-refractivity contribution >= 4 is 29.1 Å². The standard InChI is InChI=1S/C20H18ClN3O4/c1-13(25)22-17(9-14-5-3-2-4-6-14)20(27)28-12-16-10-19(26)24-11-15(21)7-8-18(24)23-16/h2-8,10-11,17H,9,12H2,1H3,(H,22,25)/t17-/m0/s1. The van der Waals surface area contributed by atoms with Gasteiger partial charge in [-0.1, -0.05) is 41.9 Å². The van der Waals surface area contributed by atoms with Gasteiger partial charge in [0, 0.05) is 25.6 Å². The maximum Gasteiger partial charge on any atom is 0.329 e. The fourth-order valence-corrected chi connectivity index (χ4v) is 2.89. The third-order valence-electron chi connectivity index (χ3n) is 3.98. The molecule has 0 fully saturated rings. The third kappa shape index (κ3) is 4.95.